The van der Waals surface area contributed by atoms with E-state index in [4.69, 9.17) is 26.3 Å². The summed E-state index contributed by atoms with van der Waals surface area (Å²) in [4.78, 5) is 14.9. The summed E-state index contributed by atoms with van der Waals surface area (Å²) in [7, 11) is -6.40. The van der Waals surface area contributed by atoms with E-state index in [1.54, 1.807) is 0 Å². The average Bonchev–Trinajstić information content (AvgIpc) is 2.26. The van der Waals surface area contributed by atoms with Crippen molar-refractivity contribution in [1.29, 1.82) is 26.3 Å². The molecule has 0 saturated carbocycles. The maximum atomic E-state index is 10.3. The largest absolute Gasteiger partial charge is 1.00 e. The number of hydrogen-bond donors (Lipinski definition) is 0. The van der Waals surface area contributed by atoms with E-state index < -0.39 is 11.0 Å². The number of nitroso groups, excluding NO2 is 1. The topological polar surface area (TPSA) is 211 Å². The van der Waals surface area contributed by atoms with E-state index in [0.717, 1.165) is 24.8 Å². The SMILES string of the molecule is N#[C][Fe-3]([C]#N)([C]#N)([C]#N)([C]#N)[N]=O.O.O.[Na+].[Na+].[Na+]. The smallest absolute Gasteiger partial charge is 0.412 e. The van der Waals surface area contributed by atoms with Gasteiger partial charge in [0.2, 0.25) is 0 Å². The molecule has 0 bridgehead atoms. The zero-order valence-corrected chi connectivity index (χ0v) is 17.0. The molecule has 83 valence electrons. The molecule has 0 aromatic carbocycles. The Morgan fingerprint density at radius 2 is 0.833 bits per heavy atom. The minimum absolute atomic E-state index is 0. The predicted octanol–water partition coefficient (Wildman–Crippen LogP) is -10.3. The van der Waals surface area contributed by atoms with Crippen molar-refractivity contribution in [3.05, 3.63) is 4.91 Å². The van der Waals surface area contributed by atoms with Gasteiger partial charge in [-0.2, -0.15) is 0 Å². The van der Waals surface area contributed by atoms with Crippen molar-refractivity contribution in [2.75, 3.05) is 0 Å². The van der Waals surface area contributed by atoms with Crippen LogP contribution in [-0.4, -0.2) is 11.0 Å². The van der Waals surface area contributed by atoms with Crippen LogP contribution in [0.4, 0.5) is 0 Å². The second-order valence-electron chi connectivity index (χ2n) is 1.74. The summed E-state index contributed by atoms with van der Waals surface area (Å²) in [5.74, 6) is 0. The summed E-state index contributed by atoms with van der Waals surface area (Å²) < 4.78 is 1.97. The van der Waals surface area contributed by atoms with E-state index in [1.807, 2.05) is 4.19 Å². The molecule has 0 heterocycles. The first-order chi connectivity index (χ1) is 5.97. The van der Waals surface area contributed by atoms with Gasteiger partial charge >= 0.3 is 160 Å². The molecule has 0 aliphatic heterocycles. The molecule has 0 aliphatic rings. The van der Waals surface area contributed by atoms with E-state index in [1.165, 1.54) is 0 Å². The minimum atomic E-state index is -6.40. The number of rotatable bonds is 1. The van der Waals surface area contributed by atoms with Crippen LogP contribution in [-0.2, 0) is 11.0 Å². The molecule has 0 aliphatic carbocycles. The van der Waals surface area contributed by atoms with Crippen molar-refractivity contribution >= 4 is 0 Å². The van der Waals surface area contributed by atoms with Gasteiger partial charge in [0.25, 0.3) is 0 Å². The van der Waals surface area contributed by atoms with Crippen molar-refractivity contribution in [3.8, 4) is 24.8 Å². The Bertz CT molecular complexity index is 411. The van der Waals surface area contributed by atoms with Gasteiger partial charge in [0.05, 0.1) is 0 Å². The summed E-state index contributed by atoms with van der Waals surface area (Å²) in [6.45, 7) is 0. The fourth-order valence-corrected chi connectivity index (χ4v) is 1.03. The molecule has 9 nitrogen and oxygen atoms in total. The van der Waals surface area contributed by atoms with Gasteiger partial charge in [-0.3, -0.25) is 0 Å². The third-order valence-electron chi connectivity index (χ3n) is 1.13. The fourth-order valence-electron chi connectivity index (χ4n) is 0.249. The number of hydrogen-bond acceptors (Lipinski definition) is 7. The zero-order chi connectivity index (χ0) is 10.7. The van der Waals surface area contributed by atoms with Gasteiger partial charge < -0.3 is 11.0 Å². The molecule has 0 spiro atoms. The predicted molar refractivity (Wildman–Crippen MR) is 41.1 cm³/mol. The third-order valence-corrected chi connectivity index (χ3v) is 4.65. The van der Waals surface area contributed by atoms with Crippen molar-refractivity contribution < 1.29 is 111 Å². The number of nitrogens with zero attached hydrogens (tertiary/aromatic N) is 6. The van der Waals surface area contributed by atoms with E-state index in [2.05, 4.69) is 0 Å². The molecule has 4 N–H and O–H groups in total. The summed E-state index contributed by atoms with van der Waals surface area (Å²) in [6.07, 6.45) is 0. The molecule has 0 amide bonds. The van der Waals surface area contributed by atoms with E-state index in [0.29, 0.717) is 0 Å². The van der Waals surface area contributed by atoms with Crippen LogP contribution < -0.4 is 88.7 Å². The normalized spacial score (nSPS) is 9.94. The quantitative estimate of drug-likeness (QED) is 0.337. The molecule has 0 atom stereocenters. The first-order valence-corrected chi connectivity index (χ1v) is 5.60. The molecular formula is C5H4FeN6Na3O3. The summed E-state index contributed by atoms with van der Waals surface area (Å²) in [5.41, 5.74) is 0. The van der Waals surface area contributed by atoms with Gasteiger partial charge in [-0.25, -0.2) is 0 Å². The van der Waals surface area contributed by atoms with Crippen LogP contribution in [0.25, 0.3) is 0 Å². The van der Waals surface area contributed by atoms with Gasteiger partial charge in [0, 0.05) is 0 Å². The minimum Gasteiger partial charge on any atom is -0.412 e. The second kappa shape index (κ2) is 10.3. The first-order valence-electron chi connectivity index (χ1n) is 2.34. The van der Waals surface area contributed by atoms with Gasteiger partial charge in [0.15, 0.2) is 0 Å². The van der Waals surface area contributed by atoms with Crippen LogP contribution in [0.2, 0.25) is 0 Å². The van der Waals surface area contributed by atoms with Crippen molar-refractivity contribution in [2.45, 2.75) is 0 Å². The van der Waals surface area contributed by atoms with E-state index in [-0.39, 0.29) is 99.6 Å². The Hall–Kier alpha value is 0.489. The van der Waals surface area contributed by atoms with Crippen LogP contribution in [0.3, 0.4) is 0 Å². The van der Waals surface area contributed by atoms with Crippen LogP contribution in [0.1, 0.15) is 0 Å². The maximum Gasteiger partial charge on any atom is 1.00 e. The van der Waals surface area contributed by atoms with Crippen molar-refractivity contribution in [2.24, 2.45) is 4.19 Å². The van der Waals surface area contributed by atoms with Gasteiger partial charge in [-0.1, -0.05) is 0 Å². The van der Waals surface area contributed by atoms with Crippen molar-refractivity contribution in [3.63, 3.8) is 0 Å². The monoisotopic (exact) mass is 321 g/mol. The Morgan fingerprint density at radius 3 is 0.833 bits per heavy atom. The molecule has 0 saturated heterocycles. The van der Waals surface area contributed by atoms with Gasteiger partial charge in [-0.15, -0.1) is 0 Å². The van der Waals surface area contributed by atoms with Gasteiger partial charge in [0.1, 0.15) is 0 Å². The molecule has 0 radical (unpaired) electrons. The van der Waals surface area contributed by atoms with Crippen molar-refractivity contribution in [1.82, 2.24) is 0 Å². The first kappa shape index (κ1) is 36.3. The Kier molecular flexibility index (Phi) is 20.7. The summed E-state index contributed by atoms with van der Waals surface area (Å²) in [6, 6.07) is 0. The molecule has 0 aromatic heterocycles. The molecule has 0 aromatic rings. The molecule has 13 heteroatoms. The Labute approximate surface area is 168 Å². The van der Waals surface area contributed by atoms with Crippen LogP contribution in [0.15, 0.2) is 4.19 Å². The van der Waals surface area contributed by atoms with Crippen LogP contribution in [0, 0.1) is 56.1 Å². The molecule has 0 rings (SSSR count). The van der Waals surface area contributed by atoms with Gasteiger partial charge in [-0.05, 0) is 0 Å². The molecule has 0 fully saturated rings. The Morgan fingerprint density at radius 1 is 0.667 bits per heavy atom. The number of nitriles is 5. The summed E-state index contributed by atoms with van der Waals surface area (Å²) in [5, 5.41) is 42.5. The summed E-state index contributed by atoms with van der Waals surface area (Å²) >= 11 is 0. The van der Waals surface area contributed by atoms with E-state index in [9.17, 15) is 4.91 Å². The molecule has 18 heavy (non-hydrogen) atoms. The average molecular weight is 321 g/mol. The fraction of sp³-hybridized carbons (Fsp3) is 0. The second-order valence-corrected chi connectivity index (χ2v) is 7.17. The Balaban J connectivity index is -0.0000000720. The van der Waals surface area contributed by atoms with Crippen LogP contribution >= 0.6 is 0 Å². The third kappa shape index (κ3) is 4.26. The maximum absolute atomic E-state index is 10.3. The zero-order valence-electron chi connectivity index (χ0n) is 9.95. The van der Waals surface area contributed by atoms with Crippen LogP contribution in [0.5, 0.6) is 0 Å². The van der Waals surface area contributed by atoms with E-state index >= 15 is 0 Å². The standard InChI is InChI=1S/5CN.Fe.NO.3Na.2H2O/c5*1-2;;1-2;;;;;/h;;;;;;;;;;2*1H2/q;;;;;-2;-1;3*+1;;. The molecule has 0 unspecified atom stereocenters. The molecular weight excluding hydrogens is 317 g/mol.